The highest BCUT2D eigenvalue weighted by Gasteiger charge is 2.16. The Kier molecular flexibility index (Phi) is 4.67. The normalized spacial score (nSPS) is 12.3. The average molecular weight is 329 g/mol. The fourth-order valence-electron chi connectivity index (χ4n) is 2.47. The average Bonchev–Trinajstić information content (AvgIpc) is 3.16. The second-order valence-electron chi connectivity index (χ2n) is 5.30. The molecule has 4 nitrogen and oxygen atoms in total. The van der Waals surface area contributed by atoms with Gasteiger partial charge in [-0.2, -0.15) is 0 Å². The van der Waals surface area contributed by atoms with Gasteiger partial charge in [0.05, 0.1) is 19.1 Å². The lowest BCUT2D eigenvalue weighted by atomic mass is 10.2. The Morgan fingerprint density at radius 3 is 2.96 bits per heavy atom. The summed E-state index contributed by atoms with van der Waals surface area (Å²) in [5.41, 5.74) is 0.726. The molecule has 5 heteroatoms. The van der Waals surface area contributed by atoms with Gasteiger partial charge in [-0.1, -0.05) is 18.2 Å². The van der Waals surface area contributed by atoms with Crippen molar-refractivity contribution < 1.29 is 13.9 Å². The molecule has 1 amide bonds. The molecule has 0 aliphatic rings. The first kappa shape index (κ1) is 15.6. The molecule has 0 bridgehead atoms. The van der Waals surface area contributed by atoms with E-state index >= 15 is 0 Å². The smallest absolute Gasteiger partial charge is 0.225 e. The van der Waals surface area contributed by atoms with Crippen molar-refractivity contribution in [2.75, 3.05) is 6.61 Å². The molecular weight excluding hydrogens is 310 g/mol. The van der Waals surface area contributed by atoms with Crippen LogP contribution >= 0.6 is 11.3 Å². The molecule has 0 aliphatic heterocycles. The van der Waals surface area contributed by atoms with E-state index in [4.69, 9.17) is 9.15 Å². The van der Waals surface area contributed by atoms with Crippen molar-refractivity contribution in [3.63, 3.8) is 0 Å². The fourth-order valence-corrected chi connectivity index (χ4v) is 3.18. The van der Waals surface area contributed by atoms with Crippen LogP contribution in [0.5, 0.6) is 5.75 Å². The van der Waals surface area contributed by atoms with Gasteiger partial charge >= 0.3 is 0 Å². The molecule has 0 saturated carbocycles. The highest BCUT2D eigenvalue weighted by molar-refractivity contribution is 7.10. The molecule has 23 heavy (non-hydrogen) atoms. The largest absolute Gasteiger partial charge is 0.490 e. The van der Waals surface area contributed by atoms with Crippen LogP contribution in [0.2, 0.25) is 0 Å². The van der Waals surface area contributed by atoms with E-state index in [1.165, 1.54) is 0 Å². The Morgan fingerprint density at radius 2 is 2.22 bits per heavy atom. The SMILES string of the molecule is CCOc1cccc2cc([C@@H](C)NC(=O)Cc3cccs3)oc12. The number of fused-ring (bicyclic) bond motifs is 1. The van der Waals surface area contributed by atoms with Gasteiger partial charge in [0.1, 0.15) is 5.76 Å². The first-order valence-corrected chi connectivity index (χ1v) is 8.52. The Bertz CT molecular complexity index is 792. The minimum absolute atomic E-state index is 0.00885. The van der Waals surface area contributed by atoms with E-state index < -0.39 is 0 Å². The van der Waals surface area contributed by atoms with Crippen LogP contribution in [0, 0.1) is 0 Å². The Morgan fingerprint density at radius 1 is 1.35 bits per heavy atom. The van der Waals surface area contributed by atoms with Crippen molar-refractivity contribution in [1.29, 1.82) is 0 Å². The lowest BCUT2D eigenvalue weighted by molar-refractivity contribution is -0.121. The zero-order chi connectivity index (χ0) is 16.2. The minimum Gasteiger partial charge on any atom is -0.490 e. The molecule has 2 heterocycles. The summed E-state index contributed by atoms with van der Waals surface area (Å²) in [6.45, 7) is 4.45. The number of carbonyl (C=O) groups is 1. The third-order valence-corrected chi connectivity index (χ3v) is 4.42. The Labute approximate surface area is 139 Å². The van der Waals surface area contributed by atoms with Gasteiger partial charge in [0.15, 0.2) is 11.3 Å². The van der Waals surface area contributed by atoms with Crippen LogP contribution in [0.4, 0.5) is 0 Å². The van der Waals surface area contributed by atoms with Crippen LogP contribution in [0.25, 0.3) is 11.0 Å². The van der Waals surface area contributed by atoms with E-state index in [0.29, 0.717) is 13.0 Å². The maximum Gasteiger partial charge on any atom is 0.225 e. The van der Waals surface area contributed by atoms with Gasteiger partial charge in [0.25, 0.3) is 0 Å². The van der Waals surface area contributed by atoms with Gasteiger partial charge in [-0.25, -0.2) is 0 Å². The number of furan rings is 1. The number of benzene rings is 1. The number of amides is 1. The number of carbonyl (C=O) groups excluding carboxylic acids is 1. The number of thiophene rings is 1. The second-order valence-corrected chi connectivity index (χ2v) is 6.33. The van der Waals surface area contributed by atoms with Gasteiger partial charge in [-0.3, -0.25) is 4.79 Å². The van der Waals surface area contributed by atoms with Gasteiger partial charge < -0.3 is 14.5 Å². The standard InChI is InChI=1S/C18H19NO3S/c1-3-21-15-8-4-6-13-10-16(22-18(13)15)12(2)19-17(20)11-14-7-5-9-23-14/h4-10,12H,3,11H2,1-2H3,(H,19,20)/t12-/m1/s1. The molecule has 0 fully saturated rings. The number of hydrogen-bond donors (Lipinski definition) is 1. The third kappa shape index (κ3) is 3.56. The second kappa shape index (κ2) is 6.87. The van der Waals surface area contributed by atoms with Crippen molar-refractivity contribution in [3.8, 4) is 5.75 Å². The van der Waals surface area contributed by atoms with E-state index in [0.717, 1.165) is 27.4 Å². The molecule has 0 aliphatic carbocycles. The molecule has 0 radical (unpaired) electrons. The summed E-state index contributed by atoms with van der Waals surface area (Å²) in [5.74, 6) is 1.45. The van der Waals surface area contributed by atoms with E-state index in [9.17, 15) is 4.79 Å². The summed E-state index contributed by atoms with van der Waals surface area (Å²) in [7, 11) is 0. The van der Waals surface area contributed by atoms with E-state index in [2.05, 4.69) is 5.32 Å². The summed E-state index contributed by atoms with van der Waals surface area (Å²) in [6.07, 6.45) is 0.395. The zero-order valence-corrected chi connectivity index (χ0v) is 14.0. The lowest BCUT2D eigenvalue weighted by Crippen LogP contribution is -2.27. The molecular formula is C18H19NO3S. The molecule has 1 aromatic carbocycles. The van der Waals surface area contributed by atoms with Gasteiger partial charge in [-0.15, -0.1) is 11.3 Å². The topological polar surface area (TPSA) is 51.5 Å². The molecule has 3 aromatic rings. The fraction of sp³-hybridized carbons (Fsp3) is 0.278. The van der Waals surface area contributed by atoms with Gasteiger partial charge in [0, 0.05) is 10.3 Å². The van der Waals surface area contributed by atoms with Crippen molar-refractivity contribution >= 4 is 28.2 Å². The minimum atomic E-state index is -0.190. The van der Waals surface area contributed by atoms with Crippen molar-refractivity contribution in [2.45, 2.75) is 26.3 Å². The highest BCUT2D eigenvalue weighted by Crippen LogP contribution is 2.31. The van der Waals surface area contributed by atoms with E-state index in [1.807, 2.05) is 55.6 Å². The summed E-state index contributed by atoms with van der Waals surface area (Å²) < 4.78 is 11.5. The van der Waals surface area contributed by atoms with Crippen LogP contribution in [-0.2, 0) is 11.2 Å². The summed E-state index contributed by atoms with van der Waals surface area (Å²) in [4.78, 5) is 13.2. The molecule has 1 N–H and O–H groups in total. The van der Waals surface area contributed by atoms with E-state index in [-0.39, 0.29) is 11.9 Å². The van der Waals surface area contributed by atoms with Gasteiger partial charge in [0.2, 0.25) is 5.91 Å². The Balaban J connectivity index is 1.74. The van der Waals surface area contributed by atoms with Crippen LogP contribution < -0.4 is 10.1 Å². The zero-order valence-electron chi connectivity index (χ0n) is 13.2. The van der Waals surface area contributed by atoms with E-state index in [1.54, 1.807) is 11.3 Å². The van der Waals surface area contributed by atoms with Crippen LogP contribution in [-0.4, -0.2) is 12.5 Å². The predicted octanol–water partition coefficient (Wildman–Crippen LogP) is 4.31. The van der Waals surface area contributed by atoms with Crippen LogP contribution in [0.1, 0.15) is 30.5 Å². The molecule has 2 aromatic heterocycles. The van der Waals surface area contributed by atoms with Crippen LogP contribution in [0.3, 0.4) is 0 Å². The number of nitrogens with one attached hydrogen (secondary N) is 1. The molecule has 0 unspecified atom stereocenters. The molecule has 120 valence electrons. The predicted molar refractivity (Wildman–Crippen MR) is 92.0 cm³/mol. The number of para-hydroxylation sites is 1. The maximum atomic E-state index is 12.1. The van der Waals surface area contributed by atoms with Crippen molar-refractivity contribution in [1.82, 2.24) is 5.32 Å². The van der Waals surface area contributed by atoms with Crippen molar-refractivity contribution in [3.05, 3.63) is 52.4 Å². The monoisotopic (exact) mass is 329 g/mol. The molecule has 1 atom stereocenters. The molecule has 0 spiro atoms. The van der Waals surface area contributed by atoms with Gasteiger partial charge in [-0.05, 0) is 37.4 Å². The van der Waals surface area contributed by atoms with Crippen LogP contribution in [0.15, 0.2) is 46.2 Å². The third-order valence-electron chi connectivity index (χ3n) is 3.55. The molecule has 0 saturated heterocycles. The number of hydrogen-bond acceptors (Lipinski definition) is 4. The first-order chi connectivity index (χ1) is 11.2. The number of rotatable bonds is 6. The summed E-state index contributed by atoms with van der Waals surface area (Å²) in [6, 6.07) is 11.5. The highest BCUT2D eigenvalue weighted by atomic mass is 32.1. The number of ether oxygens (including phenoxy) is 1. The summed E-state index contributed by atoms with van der Waals surface area (Å²) in [5, 5.41) is 5.93. The quantitative estimate of drug-likeness (QED) is 0.733. The van der Waals surface area contributed by atoms with Crippen molar-refractivity contribution in [2.24, 2.45) is 0 Å². The Hall–Kier alpha value is -2.27. The summed E-state index contributed by atoms with van der Waals surface area (Å²) >= 11 is 1.58. The maximum absolute atomic E-state index is 12.1. The lowest BCUT2D eigenvalue weighted by Gasteiger charge is -2.10. The molecule has 3 rings (SSSR count). The first-order valence-electron chi connectivity index (χ1n) is 7.64.